The summed E-state index contributed by atoms with van der Waals surface area (Å²) in [5.41, 5.74) is 2.08. The van der Waals surface area contributed by atoms with E-state index in [4.69, 9.17) is 11.6 Å². The third-order valence-electron chi connectivity index (χ3n) is 4.25. The summed E-state index contributed by atoms with van der Waals surface area (Å²) in [4.78, 5) is 23.2. The molecule has 0 saturated carbocycles. The number of aromatic nitrogens is 5. The lowest BCUT2D eigenvalue weighted by atomic mass is 10.2. The van der Waals surface area contributed by atoms with Crippen molar-refractivity contribution in [3.63, 3.8) is 0 Å². The molecule has 0 fully saturated rings. The van der Waals surface area contributed by atoms with Crippen LogP contribution >= 0.6 is 11.6 Å². The monoisotopic (exact) mass is 330 g/mol. The summed E-state index contributed by atoms with van der Waals surface area (Å²) in [7, 11) is 0. The molecule has 0 bridgehead atoms. The van der Waals surface area contributed by atoms with Gasteiger partial charge in [-0.1, -0.05) is 11.6 Å². The predicted molar refractivity (Wildman–Crippen MR) is 84.4 cm³/mol. The van der Waals surface area contributed by atoms with Gasteiger partial charge in [-0.2, -0.15) is 5.10 Å². The standard InChI is InChI=1S/C15H15ClN6O/c1-9-6-18-14-10(2)21(4-3-20(9)14)15(23)12-5-13-17-7-11(16)8-22(13)19-12/h5-8,10H,3-4H2,1-2H3. The Kier molecular flexibility index (Phi) is 3.12. The fourth-order valence-electron chi connectivity index (χ4n) is 3.03. The van der Waals surface area contributed by atoms with E-state index in [1.165, 1.54) is 10.7 Å². The lowest BCUT2D eigenvalue weighted by molar-refractivity contribution is 0.0630. The summed E-state index contributed by atoms with van der Waals surface area (Å²) >= 11 is 5.91. The van der Waals surface area contributed by atoms with Gasteiger partial charge >= 0.3 is 0 Å². The molecule has 0 spiro atoms. The van der Waals surface area contributed by atoms with Crippen LogP contribution in [0.25, 0.3) is 5.65 Å². The molecule has 1 amide bonds. The molecule has 1 aliphatic heterocycles. The maximum absolute atomic E-state index is 12.8. The highest BCUT2D eigenvalue weighted by Crippen LogP contribution is 2.26. The Bertz CT molecular complexity index is 914. The third kappa shape index (κ3) is 2.19. The molecular weight excluding hydrogens is 316 g/mol. The molecule has 0 aliphatic carbocycles. The van der Waals surface area contributed by atoms with Crippen LogP contribution in [-0.4, -0.2) is 41.5 Å². The van der Waals surface area contributed by atoms with Crippen LogP contribution in [0, 0.1) is 6.92 Å². The second-order valence-electron chi connectivity index (χ2n) is 5.69. The number of imidazole rings is 1. The van der Waals surface area contributed by atoms with Gasteiger partial charge in [-0.05, 0) is 13.8 Å². The van der Waals surface area contributed by atoms with Crippen LogP contribution in [0.1, 0.15) is 35.0 Å². The quantitative estimate of drug-likeness (QED) is 0.685. The molecule has 118 valence electrons. The van der Waals surface area contributed by atoms with Crippen LogP contribution in [0.4, 0.5) is 0 Å². The lowest BCUT2D eigenvalue weighted by Gasteiger charge is -2.33. The maximum atomic E-state index is 12.8. The molecule has 8 heteroatoms. The van der Waals surface area contributed by atoms with E-state index in [1.807, 2.05) is 20.0 Å². The molecule has 7 nitrogen and oxygen atoms in total. The number of carbonyl (C=O) groups is 1. The fraction of sp³-hybridized carbons (Fsp3) is 0.333. The minimum atomic E-state index is -0.119. The average molecular weight is 331 g/mol. The molecule has 4 heterocycles. The van der Waals surface area contributed by atoms with E-state index in [2.05, 4.69) is 19.6 Å². The Morgan fingerprint density at radius 1 is 1.30 bits per heavy atom. The van der Waals surface area contributed by atoms with Gasteiger partial charge in [-0.15, -0.1) is 0 Å². The average Bonchev–Trinajstić information content (AvgIpc) is 3.11. The van der Waals surface area contributed by atoms with E-state index in [1.54, 1.807) is 17.2 Å². The Labute approximate surface area is 137 Å². The molecule has 1 aliphatic rings. The zero-order valence-electron chi connectivity index (χ0n) is 12.8. The Hall–Kier alpha value is -2.41. The summed E-state index contributed by atoms with van der Waals surface area (Å²) < 4.78 is 3.68. The number of amides is 1. The smallest absolute Gasteiger partial charge is 0.275 e. The van der Waals surface area contributed by atoms with Crippen molar-refractivity contribution < 1.29 is 4.79 Å². The molecular formula is C15H15ClN6O. The Morgan fingerprint density at radius 3 is 2.96 bits per heavy atom. The lowest BCUT2D eigenvalue weighted by Crippen LogP contribution is -2.41. The van der Waals surface area contributed by atoms with E-state index < -0.39 is 0 Å². The molecule has 0 aromatic carbocycles. The van der Waals surface area contributed by atoms with E-state index in [9.17, 15) is 4.79 Å². The highest BCUT2D eigenvalue weighted by Gasteiger charge is 2.31. The summed E-state index contributed by atoms with van der Waals surface area (Å²) in [6.45, 7) is 5.39. The highest BCUT2D eigenvalue weighted by atomic mass is 35.5. The molecule has 3 aromatic rings. The van der Waals surface area contributed by atoms with E-state index in [0.29, 0.717) is 22.9 Å². The van der Waals surface area contributed by atoms with Gasteiger partial charge in [0, 0.05) is 37.2 Å². The number of halogens is 1. The SMILES string of the molecule is Cc1cnc2n1CCN(C(=O)c1cc3ncc(Cl)cn3n1)C2C. The molecule has 1 atom stereocenters. The summed E-state index contributed by atoms with van der Waals surface area (Å²) in [6, 6.07) is 1.59. The van der Waals surface area contributed by atoms with Crippen molar-refractivity contribution in [2.24, 2.45) is 0 Å². The van der Waals surface area contributed by atoms with Crippen molar-refractivity contribution in [2.75, 3.05) is 6.54 Å². The van der Waals surface area contributed by atoms with E-state index in [0.717, 1.165) is 18.1 Å². The van der Waals surface area contributed by atoms with Crippen molar-refractivity contribution in [2.45, 2.75) is 26.4 Å². The minimum absolute atomic E-state index is 0.0914. The van der Waals surface area contributed by atoms with Crippen LogP contribution in [0.15, 0.2) is 24.7 Å². The van der Waals surface area contributed by atoms with Crippen molar-refractivity contribution in [1.29, 1.82) is 0 Å². The van der Waals surface area contributed by atoms with Gasteiger partial charge in [0.2, 0.25) is 0 Å². The number of fused-ring (bicyclic) bond motifs is 2. The van der Waals surface area contributed by atoms with E-state index >= 15 is 0 Å². The summed E-state index contributed by atoms with van der Waals surface area (Å²) in [5, 5.41) is 4.77. The van der Waals surface area contributed by atoms with Crippen molar-refractivity contribution in [3.05, 3.63) is 46.9 Å². The van der Waals surface area contributed by atoms with Crippen molar-refractivity contribution in [1.82, 2.24) is 29.0 Å². The van der Waals surface area contributed by atoms with Crippen LogP contribution in [0.2, 0.25) is 5.02 Å². The number of carbonyl (C=O) groups excluding carboxylic acids is 1. The first-order valence-electron chi connectivity index (χ1n) is 7.38. The molecule has 3 aromatic heterocycles. The predicted octanol–water partition coefficient (Wildman–Crippen LogP) is 2.10. The van der Waals surface area contributed by atoms with Gasteiger partial charge in [-0.3, -0.25) is 4.79 Å². The second-order valence-corrected chi connectivity index (χ2v) is 6.12. The third-order valence-corrected chi connectivity index (χ3v) is 4.45. The van der Waals surface area contributed by atoms with Gasteiger partial charge < -0.3 is 9.47 Å². The fourth-order valence-corrected chi connectivity index (χ4v) is 3.17. The first kappa shape index (κ1) is 14.2. The molecule has 4 rings (SSSR count). The van der Waals surface area contributed by atoms with Gasteiger partial charge in [0.15, 0.2) is 11.3 Å². The summed E-state index contributed by atoms with van der Waals surface area (Å²) in [5.74, 6) is 0.790. The molecule has 23 heavy (non-hydrogen) atoms. The minimum Gasteiger partial charge on any atom is -0.329 e. The maximum Gasteiger partial charge on any atom is 0.275 e. The summed E-state index contributed by atoms with van der Waals surface area (Å²) in [6.07, 6.45) is 5.02. The molecule has 1 unspecified atom stereocenters. The van der Waals surface area contributed by atoms with Crippen molar-refractivity contribution >= 4 is 23.2 Å². The number of hydrogen-bond acceptors (Lipinski definition) is 4. The van der Waals surface area contributed by atoms with Gasteiger partial charge in [0.05, 0.1) is 17.3 Å². The number of hydrogen-bond donors (Lipinski definition) is 0. The number of nitrogens with zero attached hydrogens (tertiary/aromatic N) is 6. The largest absolute Gasteiger partial charge is 0.329 e. The Balaban J connectivity index is 1.68. The molecule has 0 radical (unpaired) electrons. The Morgan fingerprint density at radius 2 is 2.13 bits per heavy atom. The first-order chi connectivity index (χ1) is 11.0. The van der Waals surface area contributed by atoms with Crippen LogP contribution in [0.3, 0.4) is 0 Å². The topological polar surface area (TPSA) is 68.3 Å². The number of rotatable bonds is 1. The van der Waals surface area contributed by atoms with Gasteiger partial charge in [-0.25, -0.2) is 14.5 Å². The van der Waals surface area contributed by atoms with E-state index in [-0.39, 0.29) is 11.9 Å². The van der Waals surface area contributed by atoms with Gasteiger partial charge in [0.25, 0.3) is 5.91 Å². The first-order valence-corrected chi connectivity index (χ1v) is 7.76. The zero-order valence-corrected chi connectivity index (χ0v) is 13.5. The van der Waals surface area contributed by atoms with Crippen LogP contribution in [-0.2, 0) is 6.54 Å². The second kappa shape index (κ2) is 5.06. The zero-order chi connectivity index (χ0) is 16.1. The molecule has 0 saturated heterocycles. The number of aryl methyl sites for hydroxylation is 1. The van der Waals surface area contributed by atoms with Crippen LogP contribution < -0.4 is 0 Å². The molecule has 0 N–H and O–H groups in total. The highest BCUT2D eigenvalue weighted by molar-refractivity contribution is 6.30. The van der Waals surface area contributed by atoms with Gasteiger partial charge in [0.1, 0.15) is 5.82 Å². The normalized spacial score (nSPS) is 17.5. The van der Waals surface area contributed by atoms with Crippen LogP contribution in [0.5, 0.6) is 0 Å². The van der Waals surface area contributed by atoms with Crippen molar-refractivity contribution in [3.8, 4) is 0 Å².